The number of piperidine rings is 1. The molecule has 0 aromatic heterocycles. The Kier molecular flexibility index (Phi) is 6.92. The first kappa shape index (κ1) is 21.6. The number of amides is 1. The molecule has 2 aromatic carbocycles. The van der Waals surface area contributed by atoms with Gasteiger partial charge in [-0.2, -0.15) is 0 Å². The highest BCUT2D eigenvalue weighted by atomic mass is 19.1. The molecule has 1 heterocycles. The van der Waals surface area contributed by atoms with Gasteiger partial charge in [-0.05, 0) is 30.7 Å². The Morgan fingerprint density at radius 2 is 1.87 bits per heavy atom. The van der Waals surface area contributed by atoms with Gasteiger partial charge in [0.2, 0.25) is 0 Å². The number of carbonyl (C=O) groups excluding carboxylic acids is 1. The van der Waals surface area contributed by atoms with Gasteiger partial charge in [0.1, 0.15) is 11.9 Å². The van der Waals surface area contributed by atoms with Crippen molar-refractivity contribution in [3.05, 3.63) is 65.7 Å². The lowest BCUT2D eigenvalue weighted by Gasteiger charge is -2.32. The van der Waals surface area contributed by atoms with E-state index in [4.69, 9.17) is 14.2 Å². The van der Waals surface area contributed by atoms with Crippen LogP contribution in [-0.4, -0.2) is 44.2 Å². The quantitative estimate of drug-likeness (QED) is 0.627. The Hall–Kier alpha value is -3.09. The zero-order valence-corrected chi connectivity index (χ0v) is 17.1. The summed E-state index contributed by atoms with van der Waals surface area (Å²) in [5.74, 6) is -0.394. The third-order valence-electron chi connectivity index (χ3n) is 5.08. The van der Waals surface area contributed by atoms with Crippen LogP contribution in [0.15, 0.2) is 43.0 Å². The second-order valence-electron chi connectivity index (χ2n) is 7.05. The lowest BCUT2D eigenvalue weighted by molar-refractivity contribution is 0.0587. The minimum absolute atomic E-state index is 0.0233. The first-order valence-corrected chi connectivity index (χ1v) is 9.73. The number of benzene rings is 2. The van der Waals surface area contributed by atoms with Crippen LogP contribution in [0, 0.1) is 11.6 Å². The molecule has 7 heteroatoms. The number of carbonyl (C=O) groups is 1. The lowest BCUT2D eigenvalue weighted by Crippen LogP contribution is -2.41. The number of nitrogens with zero attached hydrogens (tertiary/aromatic N) is 1. The van der Waals surface area contributed by atoms with Crippen LogP contribution in [0.3, 0.4) is 0 Å². The third-order valence-corrected chi connectivity index (χ3v) is 5.08. The first-order valence-electron chi connectivity index (χ1n) is 9.73. The molecule has 0 saturated carbocycles. The first-order chi connectivity index (χ1) is 14.5. The van der Waals surface area contributed by atoms with E-state index in [0.29, 0.717) is 49.4 Å². The zero-order chi connectivity index (χ0) is 21.7. The van der Waals surface area contributed by atoms with E-state index in [0.717, 1.165) is 17.7 Å². The van der Waals surface area contributed by atoms with Crippen LogP contribution >= 0.6 is 0 Å². The minimum Gasteiger partial charge on any atom is -0.493 e. The van der Waals surface area contributed by atoms with Crippen molar-refractivity contribution in [2.75, 3.05) is 27.3 Å². The maximum atomic E-state index is 13.8. The molecule has 1 aliphatic rings. The van der Waals surface area contributed by atoms with Gasteiger partial charge in [-0.25, -0.2) is 8.78 Å². The van der Waals surface area contributed by atoms with Gasteiger partial charge < -0.3 is 19.1 Å². The fourth-order valence-electron chi connectivity index (χ4n) is 3.58. The molecule has 3 rings (SSSR count). The van der Waals surface area contributed by atoms with Crippen molar-refractivity contribution in [1.29, 1.82) is 0 Å². The van der Waals surface area contributed by atoms with Crippen LogP contribution in [0.2, 0.25) is 0 Å². The average molecular weight is 417 g/mol. The smallest absolute Gasteiger partial charge is 0.254 e. The highest BCUT2D eigenvalue weighted by Gasteiger charge is 2.26. The molecule has 0 bridgehead atoms. The monoisotopic (exact) mass is 417 g/mol. The van der Waals surface area contributed by atoms with Gasteiger partial charge in [0.25, 0.3) is 5.91 Å². The van der Waals surface area contributed by atoms with E-state index in [-0.39, 0.29) is 17.8 Å². The fourth-order valence-corrected chi connectivity index (χ4v) is 3.58. The van der Waals surface area contributed by atoms with Crippen LogP contribution in [0.5, 0.6) is 17.2 Å². The molecule has 5 nitrogen and oxygen atoms in total. The van der Waals surface area contributed by atoms with E-state index in [1.54, 1.807) is 30.2 Å². The Morgan fingerprint density at radius 3 is 2.47 bits per heavy atom. The summed E-state index contributed by atoms with van der Waals surface area (Å²) in [6.45, 7) is 4.69. The molecule has 160 valence electrons. The van der Waals surface area contributed by atoms with Crippen molar-refractivity contribution >= 4 is 5.91 Å². The Labute approximate surface area is 174 Å². The van der Waals surface area contributed by atoms with E-state index < -0.39 is 11.6 Å². The van der Waals surface area contributed by atoms with Gasteiger partial charge in [0, 0.05) is 43.1 Å². The molecule has 1 aliphatic heterocycles. The molecule has 0 aliphatic carbocycles. The SMILES string of the molecule is C=CCc1cc(C(=O)N2CCC(Oc3ccc(F)cc3F)CC2)cc(OC)c1OC. The standard InChI is InChI=1S/C23H25F2NO4/c1-4-5-15-12-16(13-21(28-2)22(15)29-3)23(27)26-10-8-18(9-11-26)30-20-7-6-17(24)14-19(20)25/h4,6-7,12-14,18H,1,5,8-11H2,2-3H3. The van der Waals surface area contributed by atoms with Crippen LogP contribution in [0.25, 0.3) is 0 Å². The van der Waals surface area contributed by atoms with E-state index in [1.165, 1.54) is 13.2 Å². The number of hydrogen-bond acceptors (Lipinski definition) is 4. The molecule has 0 N–H and O–H groups in total. The summed E-state index contributed by atoms with van der Waals surface area (Å²) in [4.78, 5) is 14.8. The van der Waals surface area contributed by atoms with Crippen molar-refractivity contribution in [3.8, 4) is 17.2 Å². The van der Waals surface area contributed by atoms with E-state index in [1.807, 2.05) is 0 Å². The summed E-state index contributed by atoms with van der Waals surface area (Å²) < 4.78 is 43.3. The predicted octanol–water partition coefficient (Wildman–Crippen LogP) is 4.39. The van der Waals surface area contributed by atoms with Gasteiger partial charge >= 0.3 is 0 Å². The number of hydrogen-bond donors (Lipinski definition) is 0. The molecule has 0 atom stereocenters. The zero-order valence-electron chi connectivity index (χ0n) is 17.1. The predicted molar refractivity (Wildman–Crippen MR) is 109 cm³/mol. The third kappa shape index (κ3) is 4.72. The number of rotatable bonds is 7. The molecule has 30 heavy (non-hydrogen) atoms. The van der Waals surface area contributed by atoms with E-state index in [2.05, 4.69) is 6.58 Å². The molecule has 0 spiro atoms. The van der Waals surface area contributed by atoms with Crippen molar-refractivity contribution in [2.45, 2.75) is 25.4 Å². The number of methoxy groups -OCH3 is 2. The highest BCUT2D eigenvalue weighted by molar-refractivity contribution is 5.95. The Balaban J connectivity index is 1.69. The van der Waals surface area contributed by atoms with Crippen LogP contribution in [0.4, 0.5) is 8.78 Å². The van der Waals surface area contributed by atoms with Crippen molar-refractivity contribution in [1.82, 2.24) is 4.90 Å². The minimum atomic E-state index is -0.728. The molecule has 1 amide bonds. The molecule has 1 saturated heterocycles. The molecular formula is C23H25F2NO4. The Morgan fingerprint density at radius 1 is 1.13 bits per heavy atom. The maximum absolute atomic E-state index is 13.8. The second kappa shape index (κ2) is 9.61. The molecular weight excluding hydrogens is 392 g/mol. The topological polar surface area (TPSA) is 48.0 Å². The van der Waals surface area contributed by atoms with Crippen LogP contribution < -0.4 is 14.2 Å². The maximum Gasteiger partial charge on any atom is 0.254 e. The van der Waals surface area contributed by atoms with E-state index in [9.17, 15) is 13.6 Å². The summed E-state index contributed by atoms with van der Waals surface area (Å²) in [7, 11) is 3.09. The number of allylic oxidation sites excluding steroid dienone is 1. The lowest BCUT2D eigenvalue weighted by atomic mass is 10.0. The summed E-state index contributed by atoms with van der Waals surface area (Å²) in [5.41, 5.74) is 1.33. The molecule has 2 aromatic rings. The normalized spacial score (nSPS) is 14.3. The number of ether oxygens (including phenoxy) is 3. The van der Waals surface area contributed by atoms with Gasteiger partial charge in [0.15, 0.2) is 23.1 Å². The van der Waals surface area contributed by atoms with Gasteiger partial charge in [-0.1, -0.05) is 6.08 Å². The Bertz CT molecular complexity index is 924. The van der Waals surface area contributed by atoms with Crippen LogP contribution in [0.1, 0.15) is 28.8 Å². The summed E-state index contributed by atoms with van der Waals surface area (Å²) in [6, 6.07) is 6.71. The van der Waals surface area contributed by atoms with Crippen molar-refractivity contribution < 1.29 is 27.8 Å². The largest absolute Gasteiger partial charge is 0.493 e. The van der Waals surface area contributed by atoms with Gasteiger partial charge in [-0.15, -0.1) is 6.58 Å². The van der Waals surface area contributed by atoms with Crippen molar-refractivity contribution in [3.63, 3.8) is 0 Å². The molecule has 1 fully saturated rings. The second-order valence-corrected chi connectivity index (χ2v) is 7.05. The number of halogens is 2. The molecule has 0 radical (unpaired) electrons. The van der Waals surface area contributed by atoms with Crippen LogP contribution in [-0.2, 0) is 6.42 Å². The summed E-state index contributed by atoms with van der Waals surface area (Å²) >= 11 is 0. The average Bonchev–Trinajstić information content (AvgIpc) is 2.75. The number of likely N-dealkylation sites (tertiary alicyclic amines) is 1. The van der Waals surface area contributed by atoms with Gasteiger partial charge in [0.05, 0.1) is 14.2 Å². The highest BCUT2D eigenvalue weighted by Crippen LogP contribution is 2.34. The van der Waals surface area contributed by atoms with E-state index >= 15 is 0 Å². The summed E-state index contributed by atoms with van der Waals surface area (Å²) in [6.07, 6.45) is 3.14. The summed E-state index contributed by atoms with van der Waals surface area (Å²) in [5, 5.41) is 0. The molecule has 0 unspecified atom stereocenters. The van der Waals surface area contributed by atoms with Gasteiger partial charge in [-0.3, -0.25) is 4.79 Å². The van der Waals surface area contributed by atoms with Crippen molar-refractivity contribution in [2.24, 2.45) is 0 Å². The fraction of sp³-hybridized carbons (Fsp3) is 0.348.